The lowest BCUT2D eigenvalue weighted by atomic mass is 10.3. The number of nitrogens with zero attached hydrogens (tertiary/aromatic N) is 1. The Labute approximate surface area is 120 Å². The van der Waals surface area contributed by atoms with Crippen LogP contribution >= 0.6 is 11.8 Å². The van der Waals surface area contributed by atoms with Gasteiger partial charge in [0.15, 0.2) is 5.69 Å². The van der Waals surface area contributed by atoms with Gasteiger partial charge in [-0.3, -0.25) is 14.7 Å². The summed E-state index contributed by atoms with van der Waals surface area (Å²) in [5, 5.41) is 9.05. The van der Waals surface area contributed by atoms with Crippen LogP contribution in [-0.4, -0.2) is 27.8 Å². The van der Waals surface area contributed by atoms with E-state index in [1.165, 1.54) is 11.8 Å². The van der Waals surface area contributed by atoms with E-state index < -0.39 is 5.91 Å². The molecule has 104 valence electrons. The summed E-state index contributed by atoms with van der Waals surface area (Å²) in [5.74, 6) is -0.654. The fraction of sp³-hybridized carbons (Fsp3) is 0.154. The van der Waals surface area contributed by atoms with Gasteiger partial charge in [-0.15, -0.1) is 11.8 Å². The monoisotopic (exact) mass is 290 g/mol. The normalized spacial score (nSPS) is 10.2. The van der Waals surface area contributed by atoms with Crippen molar-refractivity contribution in [3.05, 3.63) is 41.7 Å². The van der Waals surface area contributed by atoms with E-state index in [2.05, 4.69) is 15.5 Å². The van der Waals surface area contributed by atoms with Gasteiger partial charge >= 0.3 is 0 Å². The van der Waals surface area contributed by atoms with Crippen molar-refractivity contribution >= 4 is 29.3 Å². The second-order valence-corrected chi connectivity index (χ2v) is 5.14. The number of hydrogen-bond donors (Lipinski definition) is 3. The third kappa shape index (κ3) is 3.39. The van der Waals surface area contributed by atoms with Crippen LogP contribution in [0.4, 0.5) is 5.69 Å². The number of thioether (sulfide) groups is 1. The number of primary amides is 1. The van der Waals surface area contributed by atoms with Crippen LogP contribution < -0.4 is 11.1 Å². The Kier molecular flexibility index (Phi) is 4.41. The Morgan fingerprint density at radius 2 is 2.05 bits per heavy atom. The molecule has 0 atom stereocenters. The molecule has 1 aromatic carbocycles. The standard InChI is InChI=1S/C13H14N4O2S/c1-8-11(12(13(14)19)17-16-8)15-10(18)7-20-9-5-3-2-4-6-9/h2-6H,7H2,1H3,(H2,14,19)(H,15,18)(H,16,17). The minimum absolute atomic E-state index is 0.0422. The highest BCUT2D eigenvalue weighted by atomic mass is 32.2. The summed E-state index contributed by atoms with van der Waals surface area (Å²) in [7, 11) is 0. The van der Waals surface area contributed by atoms with Crippen LogP contribution in [0.25, 0.3) is 0 Å². The predicted octanol–water partition coefficient (Wildman–Crippen LogP) is 1.55. The number of nitrogens with one attached hydrogen (secondary N) is 2. The SMILES string of the molecule is Cc1[nH]nc(C(N)=O)c1NC(=O)CSc1ccccc1. The van der Waals surface area contributed by atoms with Gasteiger partial charge in [0, 0.05) is 4.90 Å². The number of rotatable bonds is 5. The van der Waals surface area contributed by atoms with Crippen molar-refractivity contribution in [1.82, 2.24) is 10.2 Å². The molecule has 0 unspecified atom stereocenters. The molecule has 6 nitrogen and oxygen atoms in total. The van der Waals surface area contributed by atoms with Crippen molar-refractivity contribution in [2.75, 3.05) is 11.1 Å². The lowest BCUT2D eigenvalue weighted by Gasteiger charge is -2.05. The molecule has 1 heterocycles. The average Bonchev–Trinajstić information content (AvgIpc) is 2.79. The molecule has 2 rings (SSSR count). The van der Waals surface area contributed by atoms with E-state index in [0.29, 0.717) is 11.4 Å². The van der Waals surface area contributed by atoms with E-state index in [9.17, 15) is 9.59 Å². The summed E-state index contributed by atoms with van der Waals surface area (Å²) in [4.78, 5) is 24.1. The zero-order chi connectivity index (χ0) is 14.5. The van der Waals surface area contributed by atoms with Gasteiger partial charge in [-0.2, -0.15) is 5.10 Å². The quantitative estimate of drug-likeness (QED) is 0.727. The number of amides is 2. The Hall–Kier alpha value is -2.28. The molecule has 0 aliphatic heterocycles. The molecule has 0 saturated heterocycles. The molecule has 0 radical (unpaired) electrons. The molecule has 0 saturated carbocycles. The van der Waals surface area contributed by atoms with E-state index in [-0.39, 0.29) is 17.4 Å². The molecular formula is C13H14N4O2S. The van der Waals surface area contributed by atoms with Crippen LogP contribution in [0.5, 0.6) is 0 Å². The van der Waals surface area contributed by atoms with Crippen molar-refractivity contribution in [2.24, 2.45) is 5.73 Å². The smallest absolute Gasteiger partial charge is 0.271 e. The summed E-state index contributed by atoms with van der Waals surface area (Å²) >= 11 is 1.41. The lowest BCUT2D eigenvalue weighted by Crippen LogP contribution is -2.19. The Balaban J connectivity index is 1.98. The maximum Gasteiger partial charge on any atom is 0.271 e. The van der Waals surface area contributed by atoms with Crippen LogP contribution in [0, 0.1) is 6.92 Å². The first-order valence-corrected chi connectivity index (χ1v) is 6.89. The molecule has 2 aromatic rings. The number of nitrogens with two attached hydrogens (primary N) is 1. The molecule has 20 heavy (non-hydrogen) atoms. The largest absolute Gasteiger partial charge is 0.364 e. The first-order valence-electron chi connectivity index (χ1n) is 5.90. The zero-order valence-electron chi connectivity index (χ0n) is 10.8. The van der Waals surface area contributed by atoms with Crippen LogP contribution in [-0.2, 0) is 4.79 Å². The van der Waals surface area contributed by atoms with E-state index in [1.54, 1.807) is 6.92 Å². The molecule has 7 heteroatoms. The Bertz CT molecular complexity index is 625. The number of aromatic amines is 1. The van der Waals surface area contributed by atoms with E-state index in [0.717, 1.165) is 4.90 Å². The van der Waals surface area contributed by atoms with E-state index in [1.807, 2.05) is 30.3 Å². The highest BCUT2D eigenvalue weighted by molar-refractivity contribution is 8.00. The topological polar surface area (TPSA) is 101 Å². The number of carbonyl (C=O) groups excluding carboxylic acids is 2. The number of anilines is 1. The van der Waals surface area contributed by atoms with Crippen LogP contribution in [0.1, 0.15) is 16.2 Å². The molecule has 1 aromatic heterocycles. The van der Waals surface area contributed by atoms with Crippen molar-refractivity contribution in [3.63, 3.8) is 0 Å². The van der Waals surface area contributed by atoms with Crippen molar-refractivity contribution in [2.45, 2.75) is 11.8 Å². The Morgan fingerprint density at radius 1 is 1.35 bits per heavy atom. The minimum atomic E-state index is -0.680. The summed E-state index contributed by atoms with van der Waals surface area (Å²) < 4.78 is 0. The van der Waals surface area contributed by atoms with E-state index >= 15 is 0 Å². The van der Waals surface area contributed by atoms with Gasteiger partial charge in [0.2, 0.25) is 5.91 Å². The second kappa shape index (κ2) is 6.25. The fourth-order valence-corrected chi connectivity index (χ4v) is 2.32. The Morgan fingerprint density at radius 3 is 2.70 bits per heavy atom. The summed E-state index contributed by atoms with van der Waals surface area (Å²) in [6.45, 7) is 1.71. The van der Waals surface area contributed by atoms with Crippen molar-refractivity contribution in [1.29, 1.82) is 0 Å². The fourth-order valence-electron chi connectivity index (χ4n) is 1.60. The van der Waals surface area contributed by atoms with Crippen LogP contribution in [0.2, 0.25) is 0 Å². The highest BCUT2D eigenvalue weighted by Gasteiger charge is 2.17. The molecule has 0 fully saturated rings. The van der Waals surface area contributed by atoms with Gasteiger partial charge < -0.3 is 11.1 Å². The molecule has 0 aliphatic carbocycles. The first kappa shape index (κ1) is 14.1. The van der Waals surface area contributed by atoms with Crippen LogP contribution in [0.3, 0.4) is 0 Å². The minimum Gasteiger partial charge on any atom is -0.364 e. The summed E-state index contributed by atoms with van der Waals surface area (Å²) in [6, 6.07) is 9.58. The number of aryl methyl sites for hydroxylation is 1. The molecule has 0 bridgehead atoms. The summed E-state index contributed by atoms with van der Waals surface area (Å²) in [5.41, 5.74) is 6.17. The average molecular weight is 290 g/mol. The first-order chi connectivity index (χ1) is 9.58. The van der Waals surface area contributed by atoms with Crippen molar-refractivity contribution < 1.29 is 9.59 Å². The lowest BCUT2D eigenvalue weighted by molar-refractivity contribution is -0.113. The third-order valence-electron chi connectivity index (χ3n) is 2.56. The predicted molar refractivity (Wildman–Crippen MR) is 77.6 cm³/mol. The van der Waals surface area contributed by atoms with Gasteiger partial charge in [-0.1, -0.05) is 18.2 Å². The zero-order valence-corrected chi connectivity index (χ0v) is 11.7. The molecule has 0 aliphatic rings. The highest BCUT2D eigenvalue weighted by Crippen LogP contribution is 2.20. The number of hydrogen-bond acceptors (Lipinski definition) is 4. The van der Waals surface area contributed by atoms with Gasteiger partial charge in [0.05, 0.1) is 17.1 Å². The van der Waals surface area contributed by atoms with Gasteiger partial charge in [-0.25, -0.2) is 0 Å². The molecular weight excluding hydrogens is 276 g/mol. The van der Waals surface area contributed by atoms with Gasteiger partial charge in [0.25, 0.3) is 5.91 Å². The van der Waals surface area contributed by atoms with Gasteiger partial charge in [0.1, 0.15) is 0 Å². The van der Waals surface area contributed by atoms with E-state index in [4.69, 9.17) is 5.73 Å². The number of benzene rings is 1. The molecule has 2 amide bonds. The number of carbonyl (C=O) groups is 2. The van der Waals surface area contributed by atoms with Crippen molar-refractivity contribution in [3.8, 4) is 0 Å². The second-order valence-electron chi connectivity index (χ2n) is 4.09. The summed E-state index contributed by atoms with van der Waals surface area (Å²) in [6.07, 6.45) is 0. The maximum atomic E-state index is 11.9. The number of H-pyrrole nitrogens is 1. The molecule has 4 N–H and O–H groups in total. The van der Waals surface area contributed by atoms with Gasteiger partial charge in [-0.05, 0) is 19.1 Å². The maximum absolute atomic E-state index is 11.9. The molecule has 0 spiro atoms. The third-order valence-corrected chi connectivity index (χ3v) is 3.57. The number of aromatic nitrogens is 2. The van der Waals surface area contributed by atoms with Crippen LogP contribution in [0.15, 0.2) is 35.2 Å².